The molecule has 1 aromatic heterocycles. The van der Waals surface area contributed by atoms with Gasteiger partial charge in [0.15, 0.2) is 5.69 Å². The van der Waals surface area contributed by atoms with Crippen molar-refractivity contribution < 1.29 is 13.9 Å². The minimum atomic E-state index is -0.310. The molecule has 26 heavy (non-hydrogen) atoms. The molecule has 1 aliphatic heterocycles. The van der Waals surface area contributed by atoms with E-state index in [0.717, 1.165) is 12.2 Å². The van der Waals surface area contributed by atoms with Crippen LogP contribution < -0.4 is 10.1 Å². The van der Waals surface area contributed by atoms with Crippen LogP contribution in [0.2, 0.25) is 0 Å². The Morgan fingerprint density at radius 2 is 2.00 bits per heavy atom. The number of carbonyl (C=O) groups excluding carboxylic acids is 1. The van der Waals surface area contributed by atoms with Gasteiger partial charge in [0.2, 0.25) is 0 Å². The van der Waals surface area contributed by atoms with Gasteiger partial charge in [-0.2, -0.15) is 5.10 Å². The Morgan fingerprint density at radius 1 is 1.19 bits per heavy atom. The monoisotopic (exact) mass is 351 g/mol. The van der Waals surface area contributed by atoms with Crippen molar-refractivity contribution in [1.29, 1.82) is 0 Å². The second kappa shape index (κ2) is 7.00. The summed E-state index contributed by atoms with van der Waals surface area (Å²) in [7, 11) is 0. The molecule has 1 aliphatic rings. The van der Waals surface area contributed by atoms with Gasteiger partial charge in [0.25, 0.3) is 5.91 Å². The van der Waals surface area contributed by atoms with Gasteiger partial charge in [-0.15, -0.1) is 0 Å². The zero-order valence-corrected chi connectivity index (χ0v) is 14.1. The van der Waals surface area contributed by atoms with Crippen LogP contribution >= 0.6 is 0 Å². The van der Waals surface area contributed by atoms with Crippen molar-refractivity contribution in [3.63, 3.8) is 0 Å². The first kappa shape index (κ1) is 16.3. The van der Waals surface area contributed by atoms with Crippen molar-refractivity contribution in [3.8, 4) is 11.4 Å². The van der Waals surface area contributed by atoms with Crippen molar-refractivity contribution in [2.24, 2.45) is 5.92 Å². The lowest BCUT2D eigenvalue weighted by Gasteiger charge is -2.25. The maximum Gasteiger partial charge on any atom is 0.271 e. The van der Waals surface area contributed by atoms with E-state index in [0.29, 0.717) is 24.5 Å². The highest BCUT2D eigenvalue weighted by atomic mass is 19.1. The first-order chi connectivity index (χ1) is 12.7. The fourth-order valence-corrected chi connectivity index (χ4v) is 3.03. The SMILES string of the molecule is O=C(NCC1COc2ccccc2C1)c1ccn(-c2ccc(F)cc2)n1. The van der Waals surface area contributed by atoms with Crippen LogP contribution in [0, 0.1) is 11.7 Å². The first-order valence-corrected chi connectivity index (χ1v) is 8.49. The van der Waals surface area contributed by atoms with E-state index in [1.165, 1.54) is 17.7 Å². The second-order valence-corrected chi connectivity index (χ2v) is 6.32. The molecule has 5 nitrogen and oxygen atoms in total. The number of nitrogens with one attached hydrogen (secondary N) is 1. The summed E-state index contributed by atoms with van der Waals surface area (Å²) in [6, 6.07) is 15.5. The number of fused-ring (bicyclic) bond motifs is 1. The van der Waals surface area contributed by atoms with Crippen molar-refractivity contribution in [2.75, 3.05) is 13.2 Å². The summed E-state index contributed by atoms with van der Waals surface area (Å²) < 4.78 is 20.3. The molecule has 1 unspecified atom stereocenters. The topological polar surface area (TPSA) is 56.1 Å². The molecular formula is C20H18FN3O2. The van der Waals surface area contributed by atoms with Crippen molar-refractivity contribution >= 4 is 5.91 Å². The third-order valence-electron chi connectivity index (χ3n) is 4.42. The maximum absolute atomic E-state index is 13.0. The van der Waals surface area contributed by atoms with Crippen molar-refractivity contribution in [3.05, 3.63) is 77.9 Å². The zero-order valence-electron chi connectivity index (χ0n) is 14.1. The highest BCUT2D eigenvalue weighted by molar-refractivity contribution is 5.92. The molecule has 0 fully saturated rings. The second-order valence-electron chi connectivity index (χ2n) is 6.32. The van der Waals surface area contributed by atoms with Crippen LogP contribution in [0.4, 0.5) is 4.39 Å². The van der Waals surface area contributed by atoms with Crippen LogP contribution in [0.25, 0.3) is 5.69 Å². The predicted molar refractivity (Wildman–Crippen MR) is 95.0 cm³/mol. The zero-order chi connectivity index (χ0) is 17.9. The van der Waals surface area contributed by atoms with Crippen LogP contribution in [-0.2, 0) is 6.42 Å². The summed E-state index contributed by atoms with van der Waals surface area (Å²) in [5.74, 6) is 0.612. The number of benzene rings is 2. The Hall–Kier alpha value is -3.15. The maximum atomic E-state index is 13.0. The highest BCUT2D eigenvalue weighted by Gasteiger charge is 2.20. The molecule has 132 valence electrons. The van der Waals surface area contributed by atoms with Crippen LogP contribution in [0.5, 0.6) is 5.75 Å². The average molecular weight is 351 g/mol. The summed E-state index contributed by atoms with van der Waals surface area (Å²) >= 11 is 0. The van der Waals surface area contributed by atoms with E-state index in [9.17, 15) is 9.18 Å². The molecule has 3 aromatic rings. The molecule has 2 heterocycles. The van der Waals surface area contributed by atoms with Gasteiger partial charge in [0.05, 0.1) is 12.3 Å². The van der Waals surface area contributed by atoms with E-state index in [4.69, 9.17) is 4.74 Å². The van der Waals surface area contributed by atoms with E-state index in [2.05, 4.69) is 10.4 Å². The van der Waals surface area contributed by atoms with Crippen LogP contribution in [-0.4, -0.2) is 28.8 Å². The van der Waals surface area contributed by atoms with Crippen LogP contribution in [0.1, 0.15) is 16.1 Å². The summed E-state index contributed by atoms with van der Waals surface area (Å²) in [5, 5.41) is 7.18. The molecule has 6 heteroatoms. The average Bonchev–Trinajstić information content (AvgIpc) is 3.17. The molecule has 1 N–H and O–H groups in total. The molecule has 0 saturated carbocycles. The molecule has 4 rings (SSSR count). The lowest BCUT2D eigenvalue weighted by atomic mass is 9.97. The Kier molecular flexibility index (Phi) is 4.39. The van der Waals surface area contributed by atoms with Gasteiger partial charge >= 0.3 is 0 Å². The number of para-hydroxylation sites is 1. The third kappa shape index (κ3) is 3.44. The van der Waals surface area contributed by atoms with Crippen LogP contribution in [0.3, 0.4) is 0 Å². The van der Waals surface area contributed by atoms with Crippen molar-refractivity contribution in [1.82, 2.24) is 15.1 Å². The molecule has 0 bridgehead atoms. The van der Waals surface area contributed by atoms with Gasteiger partial charge in [-0.05, 0) is 48.4 Å². The number of nitrogens with zero attached hydrogens (tertiary/aromatic N) is 2. The number of carbonyl (C=O) groups is 1. The predicted octanol–water partition coefficient (Wildman–Crippen LogP) is 2.99. The molecule has 2 aromatic carbocycles. The Labute approximate surface area is 150 Å². The van der Waals surface area contributed by atoms with Crippen LogP contribution in [0.15, 0.2) is 60.8 Å². The van der Waals surface area contributed by atoms with Gasteiger partial charge in [0, 0.05) is 18.7 Å². The number of rotatable bonds is 4. The van der Waals surface area contributed by atoms with E-state index >= 15 is 0 Å². The fourth-order valence-electron chi connectivity index (χ4n) is 3.03. The van der Waals surface area contributed by atoms with Gasteiger partial charge < -0.3 is 10.1 Å². The molecule has 0 aliphatic carbocycles. The van der Waals surface area contributed by atoms with E-state index in [1.54, 1.807) is 29.1 Å². The summed E-state index contributed by atoms with van der Waals surface area (Å²) in [6.07, 6.45) is 2.56. The molecule has 1 amide bonds. The summed E-state index contributed by atoms with van der Waals surface area (Å²) in [5.41, 5.74) is 2.19. The molecule has 0 radical (unpaired) electrons. The van der Waals surface area contributed by atoms with E-state index in [1.807, 2.05) is 24.3 Å². The molecular weight excluding hydrogens is 333 g/mol. The largest absolute Gasteiger partial charge is 0.493 e. The molecule has 1 atom stereocenters. The first-order valence-electron chi connectivity index (χ1n) is 8.49. The normalized spacial score (nSPS) is 15.8. The number of aromatic nitrogens is 2. The fraction of sp³-hybridized carbons (Fsp3) is 0.200. The molecule has 0 saturated heterocycles. The Balaban J connectivity index is 1.36. The van der Waals surface area contributed by atoms with Gasteiger partial charge in [-0.25, -0.2) is 9.07 Å². The molecule has 0 spiro atoms. The minimum Gasteiger partial charge on any atom is -0.493 e. The van der Waals surface area contributed by atoms with Gasteiger partial charge in [-0.1, -0.05) is 18.2 Å². The summed E-state index contributed by atoms with van der Waals surface area (Å²) in [6.45, 7) is 1.11. The lowest BCUT2D eigenvalue weighted by Crippen LogP contribution is -2.35. The third-order valence-corrected chi connectivity index (χ3v) is 4.42. The highest BCUT2D eigenvalue weighted by Crippen LogP contribution is 2.26. The standard InChI is InChI=1S/C20H18FN3O2/c21-16-5-7-17(8-6-16)24-10-9-18(23-24)20(25)22-12-14-11-15-3-1-2-4-19(15)26-13-14/h1-10,14H,11-13H2,(H,22,25). The lowest BCUT2D eigenvalue weighted by molar-refractivity contribution is 0.0933. The minimum absolute atomic E-state index is 0.230. The van der Waals surface area contributed by atoms with E-state index < -0.39 is 0 Å². The number of halogens is 1. The summed E-state index contributed by atoms with van der Waals surface area (Å²) in [4.78, 5) is 12.3. The van der Waals surface area contributed by atoms with Crippen molar-refractivity contribution in [2.45, 2.75) is 6.42 Å². The van der Waals surface area contributed by atoms with Gasteiger partial charge in [-0.3, -0.25) is 4.79 Å². The Morgan fingerprint density at radius 3 is 2.85 bits per heavy atom. The van der Waals surface area contributed by atoms with E-state index in [-0.39, 0.29) is 17.6 Å². The van der Waals surface area contributed by atoms with Gasteiger partial charge in [0.1, 0.15) is 11.6 Å². The smallest absolute Gasteiger partial charge is 0.271 e. The number of hydrogen-bond acceptors (Lipinski definition) is 3. The number of ether oxygens (including phenoxy) is 1. The quantitative estimate of drug-likeness (QED) is 0.786. The Bertz CT molecular complexity index is 921. The number of amides is 1. The number of hydrogen-bond donors (Lipinski definition) is 1.